The lowest BCUT2D eigenvalue weighted by Gasteiger charge is -2.21. The van der Waals surface area contributed by atoms with Crippen molar-refractivity contribution in [1.29, 1.82) is 0 Å². The first kappa shape index (κ1) is 14.7. The fourth-order valence-electron chi connectivity index (χ4n) is 1.35. The molecule has 7 nitrogen and oxygen atoms in total. The number of amides is 1. The van der Waals surface area contributed by atoms with E-state index in [4.69, 9.17) is 10.5 Å². The summed E-state index contributed by atoms with van der Waals surface area (Å²) in [7, 11) is 1.36. The molecule has 0 spiro atoms. The minimum absolute atomic E-state index is 0.109. The van der Waals surface area contributed by atoms with Crippen LogP contribution in [0, 0.1) is 15.5 Å². The van der Waals surface area contributed by atoms with Crippen molar-refractivity contribution in [3.63, 3.8) is 0 Å². The van der Waals surface area contributed by atoms with Crippen LogP contribution >= 0.6 is 0 Å². The molecule has 0 aliphatic heterocycles. The van der Waals surface area contributed by atoms with Gasteiger partial charge in [0, 0.05) is 24.4 Å². The predicted octanol–water partition coefficient (Wildman–Crippen LogP) is 1.53. The van der Waals surface area contributed by atoms with Crippen LogP contribution in [0.1, 0.15) is 13.8 Å². The molecule has 19 heavy (non-hydrogen) atoms. The van der Waals surface area contributed by atoms with Crippen molar-refractivity contribution in [2.45, 2.75) is 13.8 Å². The van der Waals surface area contributed by atoms with Gasteiger partial charge in [-0.3, -0.25) is 14.9 Å². The van der Waals surface area contributed by atoms with Crippen LogP contribution in [0.5, 0.6) is 5.75 Å². The van der Waals surface area contributed by atoms with Gasteiger partial charge >= 0.3 is 5.69 Å². The number of hydrogen-bond acceptors (Lipinski definition) is 5. The molecule has 104 valence electrons. The number of benzene rings is 1. The highest BCUT2D eigenvalue weighted by Crippen LogP contribution is 2.30. The second-order valence-corrected chi connectivity index (χ2v) is 4.75. The number of carbonyl (C=O) groups is 1. The van der Waals surface area contributed by atoms with E-state index in [0.717, 1.165) is 0 Å². The molecule has 1 aromatic carbocycles. The van der Waals surface area contributed by atoms with Crippen LogP contribution in [-0.2, 0) is 4.79 Å². The lowest BCUT2D eigenvalue weighted by molar-refractivity contribution is -0.385. The molecule has 0 unspecified atom stereocenters. The van der Waals surface area contributed by atoms with Gasteiger partial charge in [0.05, 0.1) is 17.4 Å². The number of anilines is 1. The zero-order valence-electron chi connectivity index (χ0n) is 11.1. The standard InChI is InChI=1S/C12H17N3O4/c1-12(2,11(13)16)7-14-8-4-5-9(15(17)18)10(6-8)19-3/h4-6,14H,7H2,1-3H3,(H2,13,16). The number of nitro groups is 1. The normalized spacial score (nSPS) is 10.9. The average molecular weight is 267 g/mol. The lowest BCUT2D eigenvalue weighted by Crippen LogP contribution is -2.37. The maximum absolute atomic E-state index is 11.2. The van der Waals surface area contributed by atoms with E-state index in [1.165, 1.54) is 19.2 Å². The lowest BCUT2D eigenvalue weighted by atomic mass is 9.92. The first-order chi connectivity index (χ1) is 8.77. The Morgan fingerprint density at radius 1 is 1.53 bits per heavy atom. The molecule has 0 bridgehead atoms. The summed E-state index contributed by atoms with van der Waals surface area (Å²) in [6, 6.07) is 4.41. The molecular weight excluding hydrogens is 250 g/mol. The molecule has 0 atom stereocenters. The Kier molecular flexibility index (Phi) is 4.31. The molecule has 3 N–H and O–H groups in total. The fraction of sp³-hybridized carbons (Fsp3) is 0.417. The largest absolute Gasteiger partial charge is 0.490 e. The van der Waals surface area contributed by atoms with E-state index in [1.54, 1.807) is 19.9 Å². The summed E-state index contributed by atoms with van der Waals surface area (Å²) in [6.07, 6.45) is 0. The summed E-state index contributed by atoms with van der Waals surface area (Å²) >= 11 is 0. The molecule has 1 rings (SSSR count). The smallest absolute Gasteiger partial charge is 0.311 e. The number of nitrogens with zero attached hydrogens (tertiary/aromatic N) is 1. The zero-order chi connectivity index (χ0) is 14.6. The third-order valence-electron chi connectivity index (χ3n) is 2.78. The third-order valence-corrected chi connectivity index (χ3v) is 2.78. The molecule has 1 amide bonds. The van der Waals surface area contributed by atoms with Crippen molar-refractivity contribution in [3.8, 4) is 5.75 Å². The topological polar surface area (TPSA) is 107 Å². The van der Waals surface area contributed by atoms with Gasteiger partial charge in [-0.1, -0.05) is 0 Å². The highest BCUT2D eigenvalue weighted by molar-refractivity contribution is 5.80. The summed E-state index contributed by atoms with van der Waals surface area (Å²) < 4.78 is 4.95. The Morgan fingerprint density at radius 3 is 2.63 bits per heavy atom. The zero-order valence-corrected chi connectivity index (χ0v) is 11.1. The Balaban J connectivity index is 2.87. The van der Waals surface area contributed by atoms with Gasteiger partial charge in [0.25, 0.3) is 0 Å². The van der Waals surface area contributed by atoms with Crippen molar-refractivity contribution in [3.05, 3.63) is 28.3 Å². The highest BCUT2D eigenvalue weighted by atomic mass is 16.6. The van der Waals surface area contributed by atoms with Crippen LogP contribution in [0.25, 0.3) is 0 Å². The number of carbonyl (C=O) groups excluding carboxylic acids is 1. The van der Waals surface area contributed by atoms with Crippen LogP contribution < -0.4 is 15.8 Å². The molecule has 0 saturated carbocycles. The summed E-state index contributed by atoms with van der Waals surface area (Å²) in [4.78, 5) is 21.4. The monoisotopic (exact) mass is 267 g/mol. The number of nitrogens with two attached hydrogens (primary N) is 1. The number of rotatable bonds is 6. The molecule has 0 saturated heterocycles. The Morgan fingerprint density at radius 2 is 2.16 bits per heavy atom. The number of nitrogens with one attached hydrogen (secondary N) is 1. The van der Waals surface area contributed by atoms with Gasteiger partial charge in [-0.2, -0.15) is 0 Å². The number of ether oxygens (including phenoxy) is 1. The van der Waals surface area contributed by atoms with Gasteiger partial charge in [-0.05, 0) is 19.9 Å². The molecular formula is C12H17N3O4. The van der Waals surface area contributed by atoms with Gasteiger partial charge < -0.3 is 15.8 Å². The second-order valence-electron chi connectivity index (χ2n) is 4.75. The van der Waals surface area contributed by atoms with Gasteiger partial charge in [0.1, 0.15) is 0 Å². The molecule has 0 aromatic heterocycles. The molecule has 0 aliphatic carbocycles. The molecule has 7 heteroatoms. The second kappa shape index (κ2) is 5.55. The summed E-state index contributed by atoms with van der Waals surface area (Å²) in [5.41, 5.74) is 5.06. The molecule has 0 heterocycles. The predicted molar refractivity (Wildman–Crippen MR) is 71.1 cm³/mol. The van der Waals surface area contributed by atoms with E-state index in [9.17, 15) is 14.9 Å². The van der Waals surface area contributed by atoms with Gasteiger partial charge in [0.2, 0.25) is 5.91 Å². The quantitative estimate of drug-likeness (QED) is 0.600. The first-order valence-corrected chi connectivity index (χ1v) is 5.64. The fourth-order valence-corrected chi connectivity index (χ4v) is 1.35. The van der Waals surface area contributed by atoms with Crippen molar-refractivity contribution < 1.29 is 14.5 Å². The Hall–Kier alpha value is -2.31. The molecule has 0 radical (unpaired) electrons. The number of nitro benzene ring substituents is 1. The first-order valence-electron chi connectivity index (χ1n) is 5.64. The van der Waals surface area contributed by atoms with E-state index in [-0.39, 0.29) is 11.4 Å². The van der Waals surface area contributed by atoms with Crippen LogP contribution in [0.2, 0.25) is 0 Å². The average Bonchev–Trinajstić information content (AvgIpc) is 2.35. The highest BCUT2D eigenvalue weighted by Gasteiger charge is 2.24. The Labute approximate surface area is 110 Å². The van der Waals surface area contributed by atoms with Crippen molar-refractivity contribution in [1.82, 2.24) is 0 Å². The summed E-state index contributed by atoms with van der Waals surface area (Å²) in [5.74, 6) is -0.263. The third kappa shape index (κ3) is 3.57. The van der Waals surface area contributed by atoms with E-state index < -0.39 is 16.2 Å². The summed E-state index contributed by atoms with van der Waals surface area (Å²) in [5, 5.41) is 13.7. The van der Waals surface area contributed by atoms with Crippen LogP contribution in [0.4, 0.5) is 11.4 Å². The number of primary amides is 1. The number of methoxy groups -OCH3 is 1. The minimum atomic E-state index is -0.713. The van der Waals surface area contributed by atoms with Gasteiger partial charge in [0.15, 0.2) is 5.75 Å². The summed E-state index contributed by atoms with van der Waals surface area (Å²) in [6.45, 7) is 3.75. The van der Waals surface area contributed by atoms with Crippen LogP contribution in [0.3, 0.4) is 0 Å². The van der Waals surface area contributed by atoms with Crippen LogP contribution in [0.15, 0.2) is 18.2 Å². The van der Waals surface area contributed by atoms with E-state index in [1.807, 2.05) is 0 Å². The maximum atomic E-state index is 11.2. The van der Waals surface area contributed by atoms with Crippen molar-refractivity contribution in [2.75, 3.05) is 19.0 Å². The van der Waals surface area contributed by atoms with E-state index >= 15 is 0 Å². The van der Waals surface area contributed by atoms with Gasteiger partial charge in [-0.25, -0.2) is 0 Å². The molecule has 0 aliphatic rings. The van der Waals surface area contributed by atoms with E-state index in [2.05, 4.69) is 5.32 Å². The maximum Gasteiger partial charge on any atom is 0.311 e. The van der Waals surface area contributed by atoms with Crippen molar-refractivity contribution >= 4 is 17.3 Å². The molecule has 1 aromatic rings. The van der Waals surface area contributed by atoms with E-state index in [0.29, 0.717) is 12.2 Å². The van der Waals surface area contributed by atoms with Gasteiger partial charge in [-0.15, -0.1) is 0 Å². The minimum Gasteiger partial charge on any atom is -0.490 e. The molecule has 0 fully saturated rings. The SMILES string of the molecule is COc1cc(NCC(C)(C)C(N)=O)ccc1[N+](=O)[O-]. The number of hydrogen-bond donors (Lipinski definition) is 2. The van der Waals surface area contributed by atoms with Crippen LogP contribution in [-0.4, -0.2) is 24.5 Å². The van der Waals surface area contributed by atoms with Crippen molar-refractivity contribution in [2.24, 2.45) is 11.1 Å². The Bertz CT molecular complexity index is 500.